The molecule has 0 saturated carbocycles. The molecule has 2 aromatic carbocycles. The summed E-state index contributed by atoms with van der Waals surface area (Å²) in [5.41, 5.74) is 1.56. The number of carbonyl (C=O) groups excluding carboxylic acids is 2. The average Bonchev–Trinajstić information content (AvgIpc) is 3.04. The number of nitrogens with zero attached hydrogens (tertiary/aromatic N) is 3. The van der Waals surface area contributed by atoms with Crippen LogP contribution in [-0.4, -0.2) is 56.0 Å². The zero-order valence-electron chi connectivity index (χ0n) is 16.0. The van der Waals surface area contributed by atoms with Gasteiger partial charge in [-0.15, -0.1) is 0 Å². The first-order chi connectivity index (χ1) is 14.0. The number of amides is 2. The van der Waals surface area contributed by atoms with E-state index in [1.54, 1.807) is 37.4 Å². The van der Waals surface area contributed by atoms with Crippen molar-refractivity contribution in [3.63, 3.8) is 0 Å². The third-order valence-electron chi connectivity index (χ3n) is 5.46. The van der Waals surface area contributed by atoms with Crippen LogP contribution in [0.4, 0.5) is 11.4 Å². The maximum atomic E-state index is 13.0. The van der Waals surface area contributed by atoms with Gasteiger partial charge in [0.25, 0.3) is 5.91 Å². The van der Waals surface area contributed by atoms with E-state index in [0.29, 0.717) is 34.6 Å². The Bertz CT molecular complexity index is 945. The normalized spacial score (nSPS) is 20.4. The highest BCUT2D eigenvalue weighted by Crippen LogP contribution is 2.31. The van der Waals surface area contributed by atoms with E-state index < -0.39 is 6.04 Å². The summed E-state index contributed by atoms with van der Waals surface area (Å²) in [6.07, 6.45) is 0.197. The van der Waals surface area contributed by atoms with Gasteiger partial charge in [-0.25, -0.2) is 4.90 Å². The number of carbonyl (C=O) groups is 2. The van der Waals surface area contributed by atoms with Crippen LogP contribution < -0.4 is 14.5 Å². The monoisotopic (exact) mass is 433 g/mol. The van der Waals surface area contributed by atoms with Crippen molar-refractivity contribution in [3.8, 4) is 5.75 Å². The molecule has 2 amide bonds. The Labute approximate surface area is 179 Å². The van der Waals surface area contributed by atoms with E-state index in [9.17, 15) is 9.59 Å². The first-order valence-electron chi connectivity index (χ1n) is 9.43. The van der Waals surface area contributed by atoms with Crippen LogP contribution in [0.3, 0.4) is 0 Å². The molecule has 29 heavy (non-hydrogen) atoms. The number of anilines is 2. The molecule has 2 aliphatic heterocycles. The van der Waals surface area contributed by atoms with Crippen molar-refractivity contribution >= 4 is 46.4 Å². The Hall–Kier alpha value is -2.28. The van der Waals surface area contributed by atoms with Crippen LogP contribution in [0.2, 0.25) is 10.0 Å². The molecule has 0 unspecified atom stereocenters. The predicted molar refractivity (Wildman–Crippen MR) is 114 cm³/mol. The van der Waals surface area contributed by atoms with Gasteiger partial charge in [0.05, 0.1) is 35.3 Å². The molecule has 152 valence electrons. The highest BCUT2D eigenvalue weighted by Gasteiger charge is 2.43. The average molecular weight is 434 g/mol. The van der Waals surface area contributed by atoms with Crippen molar-refractivity contribution < 1.29 is 14.3 Å². The molecule has 2 aliphatic rings. The lowest BCUT2D eigenvalue weighted by atomic mass is 10.1. The second-order valence-electron chi connectivity index (χ2n) is 7.11. The van der Waals surface area contributed by atoms with E-state index in [-0.39, 0.29) is 18.2 Å². The van der Waals surface area contributed by atoms with Gasteiger partial charge in [0, 0.05) is 37.9 Å². The van der Waals surface area contributed by atoms with Crippen LogP contribution in [-0.2, 0) is 9.59 Å². The molecule has 6 nitrogen and oxygen atoms in total. The van der Waals surface area contributed by atoms with Crippen LogP contribution in [0, 0.1) is 0 Å². The number of hydrogen-bond acceptors (Lipinski definition) is 5. The van der Waals surface area contributed by atoms with Crippen molar-refractivity contribution in [2.45, 2.75) is 12.5 Å². The quantitative estimate of drug-likeness (QED) is 0.691. The number of halogens is 2. The van der Waals surface area contributed by atoms with Crippen LogP contribution in [0.15, 0.2) is 42.5 Å². The molecule has 2 fully saturated rings. The highest BCUT2D eigenvalue weighted by atomic mass is 35.5. The Kier molecular flexibility index (Phi) is 5.67. The van der Waals surface area contributed by atoms with Crippen LogP contribution in [0.25, 0.3) is 0 Å². The van der Waals surface area contributed by atoms with Gasteiger partial charge in [-0.3, -0.25) is 14.5 Å². The lowest BCUT2D eigenvalue weighted by Gasteiger charge is -2.38. The van der Waals surface area contributed by atoms with E-state index in [0.717, 1.165) is 18.8 Å². The van der Waals surface area contributed by atoms with Crippen molar-refractivity contribution in [2.24, 2.45) is 0 Å². The second-order valence-corrected chi connectivity index (χ2v) is 7.92. The largest absolute Gasteiger partial charge is 0.497 e. The summed E-state index contributed by atoms with van der Waals surface area (Å²) in [6.45, 7) is 2.87. The summed E-state index contributed by atoms with van der Waals surface area (Å²) in [5.74, 6) is 0.258. The topological polar surface area (TPSA) is 53.1 Å². The van der Waals surface area contributed by atoms with Crippen LogP contribution >= 0.6 is 23.2 Å². The lowest BCUT2D eigenvalue weighted by molar-refractivity contribution is -0.123. The van der Waals surface area contributed by atoms with Crippen molar-refractivity contribution in [3.05, 3.63) is 52.5 Å². The highest BCUT2D eigenvalue weighted by molar-refractivity contribution is 6.42. The molecule has 1 atom stereocenters. The summed E-state index contributed by atoms with van der Waals surface area (Å²) < 4.78 is 5.21. The number of methoxy groups -OCH3 is 1. The fourth-order valence-electron chi connectivity index (χ4n) is 3.90. The number of benzene rings is 2. The van der Waals surface area contributed by atoms with Gasteiger partial charge < -0.3 is 9.64 Å². The summed E-state index contributed by atoms with van der Waals surface area (Å²) in [4.78, 5) is 31.2. The molecular formula is C21H21Cl2N3O3. The molecule has 0 radical (unpaired) electrons. The van der Waals surface area contributed by atoms with Gasteiger partial charge in [0.15, 0.2) is 0 Å². The first kappa shape index (κ1) is 20.0. The minimum absolute atomic E-state index is 0.175. The van der Waals surface area contributed by atoms with Crippen molar-refractivity contribution in [1.29, 1.82) is 0 Å². The first-order valence-corrected chi connectivity index (χ1v) is 10.2. The number of piperazine rings is 1. The molecular weight excluding hydrogens is 413 g/mol. The van der Waals surface area contributed by atoms with E-state index in [1.807, 2.05) is 12.1 Å². The lowest BCUT2D eigenvalue weighted by Crippen LogP contribution is -2.52. The molecule has 0 spiro atoms. The fourth-order valence-corrected chi connectivity index (χ4v) is 4.19. The van der Waals surface area contributed by atoms with E-state index in [4.69, 9.17) is 27.9 Å². The zero-order valence-corrected chi connectivity index (χ0v) is 17.5. The second kappa shape index (κ2) is 8.22. The standard InChI is InChI=1S/C21H21Cl2N3O3/c1-29-16-4-2-3-15(11-16)26-20(27)13-19(21(26)28)25-9-7-24(8-10-25)14-5-6-17(22)18(23)12-14/h2-6,11-12,19H,7-10,13H2,1H3/t19-/m1/s1. The SMILES string of the molecule is COc1cccc(N2C(=O)C[C@@H](N3CCN(c4ccc(Cl)c(Cl)c4)CC3)C2=O)c1. The fraction of sp³-hybridized carbons (Fsp3) is 0.333. The van der Waals surface area contributed by atoms with Gasteiger partial charge in [-0.1, -0.05) is 29.3 Å². The molecule has 2 saturated heterocycles. The Morgan fingerprint density at radius 3 is 2.38 bits per heavy atom. The summed E-state index contributed by atoms with van der Waals surface area (Å²) in [7, 11) is 1.56. The summed E-state index contributed by atoms with van der Waals surface area (Å²) >= 11 is 12.1. The molecule has 8 heteroatoms. The number of rotatable bonds is 4. The molecule has 0 aliphatic carbocycles. The number of hydrogen-bond donors (Lipinski definition) is 0. The van der Waals surface area contributed by atoms with Gasteiger partial charge in [-0.2, -0.15) is 0 Å². The molecule has 0 N–H and O–H groups in total. The van der Waals surface area contributed by atoms with Crippen LogP contribution in [0.5, 0.6) is 5.75 Å². The molecule has 2 heterocycles. The van der Waals surface area contributed by atoms with Crippen LogP contribution in [0.1, 0.15) is 6.42 Å². The minimum Gasteiger partial charge on any atom is -0.497 e. The number of ether oxygens (including phenoxy) is 1. The summed E-state index contributed by atoms with van der Waals surface area (Å²) in [5, 5.41) is 1.05. The van der Waals surface area contributed by atoms with Gasteiger partial charge in [0.1, 0.15) is 5.75 Å². The molecule has 4 rings (SSSR count). The van der Waals surface area contributed by atoms with E-state index in [1.165, 1.54) is 4.90 Å². The Morgan fingerprint density at radius 2 is 1.69 bits per heavy atom. The summed E-state index contributed by atoms with van der Waals surface area (Å²) in [6, 6.07) is 12.2. The molecule has 0 aromatic heterocycles. The minimum atomic E-state index is -0.426. The van der Waals surface area contributed by atoms with Gasteiger partial charge in [0.2, 0.25) is 5.91 Å². The van der Waals surface area contributed by atoms with Gasteiger partial charge in [-0.05, 0) is 30.3 Å². The maximum Gasteiger partial charge on any atom is 0.251 e. The van der Waals surface area contributed by atoms with E-state index in [2.05, 4.69) is 9.80 Å². The Balaban J connectivity index is 1.44. The van der Waals surface area contributed by atoms with Crippen molar-refractivity contribution in [1.82, 2.24) is 4.90 Å². The zero-order chi connectivity index (χ0) is 20.5. The smallest absolute Gasteiger partial charge is 0.251 e. The molecule has 2 aromatic rings. The third-order valence-corrected chi connectivity index (χ3v) is 6.20. The van der Waals surface area contributed by atoms with E-state index >= 15 is 0 Å². The predicted octanol–water partition coefficient (Wildman–Crippen LogP) is 3.46. The van der Waals surface area contributed by atoms with Crippen molar-refractivity contribution in [2.75, 3.05) is 43.1 Å². The molecule has 0 bridgehead atoms. The third kappa shape index (κ3) is 3.92. The maximum absolute atomic E-state index is 13.0. The number of imide groups is 1. The Morgan fingerprint density at radius 1 is 0.931 bits per heavy atom. The van der Waals surface area contributed by atoms with Gasteiger partial charge >= 0.3 is 0 Å².